The van der Waals surface area contributed by atoms with E-state index >= 15 is 0 Å². The lowest BCUT2D eigenvalue weighted by molar-refractivity contribution is 0.132. The van der Waals surface area contributed by atoms with E-state index in [2.05, 4.69) is 56.9 Å². The van der Waals surface area contributed by atoms with Gasteiger partial charge in [-0.3, -0.25) is 0 Å². The zero-order valence-electron chi connectivity index (χ0n) is 19.4. The average Bonchev–Trinajstić information content (AvgIpc) is 2.76. The van der Waals surface area contributed by atoms with Crippen LogP contribution in [0.4, 0.5) is 8.78 Å². The number of alkyl halides is 1. The predicted molar refractivity (Wildman–Crippen MR) is 127 cm³/mol. The van der Waals surface area contributed by atoms with Crippen LogP contribution in [-0.2, 0) is 11.0 Å². The van der Waals surface area contributed by atoms with Gasteiger partial charge in [-0.05, 0) is 60.0 Å². The molecule has 1 aromatic carbocycles. The van der Waals surface area contributed by atoms with Crippen molar-refractivity contribution in [3.8, 4) is 0 Å². The highest BCUT2D eigenvalue weighted by Crippen LogP contribution is 2.38. The van der Waals surface area contributed by atoms with Gasteiger partial charge in [0.1, 0.15) is 12.5 Å². The minimum Gasteiger partial charge on any atom is -0.392 e. The molecule has 172 valence electrons. The number of benzene rings is 1. The molecular weight excluding hydrogens is 392 g/mol. The van der Waals surface area contributed by atoms with Gasteiger partial charge in [0.2, 0.25) is 0 Å². The largest absolute Gasteiger partial charge is 0.392 e. The molecule has 2 nitrogen and oxygen atoms in total. The van der Waals surface area contributed by atoms with Crippen LogP contribution in [0.15, 0.2) is 60.5 Å². The molecule has 0 amide bonds. The van der Waals surface area contributed by atoms with Crippen LogP contribution in [0.1, 0.15) is 76.8 Å². The maximum atomic E-state index is 13.5. The van der Waals surface area contributed by atoms with Gasteiger partial charge >= 0.3 is 0 Å². The van der Waals surface area contributed by atoms with Crippen LogP contribution in [0.25, 0.3) is 0 Å². The van der Waals surface area contributed by atoms with Crippen LogP contribution < -0.4 is 5.32 Å². The second-order valence-corrected chi connectivity index (χ2v) is 9.71. The summed E-state index contributed by atoms with van der Waals surface area (Å²) in [5.41, 5.74) is 3.10. The van der Waals surface area contributed by atoms with Gasteiger partial charge in [0.25, 0.3) is 0 Å². The van der Waals surface area contributed by atoms with E-state index in [4.69, 9.17) is 0 Å². The Labute approximate surface area is 187 Å². The monoisotopic (exact) mass is 431 g/mol. The molecule has 1 saturated carbocycles. The summed E-state index contributed by atoms with van der Waals surface area (Å²) >= 11 is 0. The van der Waals surface area contributed by atoms with Crippen molar-refractivity contribution in [3.63, 3.8) is 0 Å². The Morgan fingerprint density at radius 2 is 1.97 bits per heavy atom. The molecule has 0 radical (unpaired) electrons. The number of rotatable bonds is 10. The SMILES string of the molecule is C=C/C(F)=C\C(=C/CF)CCC(O)CNC1(c2cccc(C(C)(C)C)c2)CCCCC1. The molecule has 0 heterocycles. The first-order valence-electron chi connectivity index (χ1n) is 11.5. The Balaban J connectivity index is 2.08. The number of aliphatic hydroxyl groups excluding tert-OH is 1. The van der Waals surface area contributed by atoms with E-state index in [1.54, 1.807) is 0 Å². The molecule has 0 aliphatic heterocycles. The van der Waals surface area contributed by atoms with Crippen LogP contribution >= 0.6 is 0 Å². The summed E-state index contributed by atoms with van der Waals surface area (Å²) in [6.07, 6.45) is 9.67. The third kappa shape index (κ3) is 7.69. The Morgan fingerprint density at radius 3 is 2.58 bits per heavy atom. The molecule has 1 aliphatic rings. The van der Waals surface area contributed by atoms with Crippen molar-refractivity contribution in [2.24, 2.45) is 0 Å². The third-order valence-electron chi connectivity index (χ3n) is 6.29. The van der Waals surface area contributed by atoms with Gasteiger partial charge in [-0.2, -0.15) is 0 Å². The fourth-order valence-corrected chi connectivity index (χ4v) is 4.32. The number of halogens is 2. The maximum absolute atomic E-state index is 13.5. The summed E-state index contributed by atoms with van der Waals surface area (Å²) in [4.78, 5) is 0. The van der Waals surface area contributed by atoms with Gasteiger partial charge in [-0.1, -0.05) is 77.0 Å². The highest BCUT2D eigenvalue weighted by atomic mass is 19.1. The van der Waals surface area contributed by atoms with Gasteiger partial charge in [0.15, 0.2) is 0 Å². The topological polar surface area (TPSA) is 32.3 Å². The lowest BCUT2D eigenvalue weighted by atomic mass is 9.74. The smallest absolute Gasteiger partial charge is 0.122 e. The summed E-state index contributed by atoms with van der Waals surface area (Å²) in [5, 5.41) is 14.3. The van der Waals surface area contributed by atoms with Crippen molar-refractivity contribution in [2.45, 2.75) is 82.8 Å². The second-order valence-electron chi connectivity index (χ2n) is 9.71. The van der Waals surface area contributed by atoms with Crippen molar-refractivity contribution in [1.29, 1.82) is 0 Å². The third-order valence-corrected chi connectivity index (χ3v) is 6.29. The van der Waals surface area contributed by atoms with E-state index < -0.39 is 18.6 Å². The van der Waals surface area contributed by atoms with Crippen molar-refractivity contribution in [2.75, 3.05) is 13.2 Å². The summed E-state index contributed by atoms with van der Waals surface area (Å²) in [6, 6.07) is 8.84. The molecule has 0 saturated heterocycles. The molecule has 0 spiro atoms. The highest BCUT2D eigenvalue weighted by Gasteiger charge is 2.34. The first-order chi connectivity index (χ1) is 14.7. The van der Waals surface area contributed by atoms with E-state index in [0.29, 0.717) is 25.0 Å². The minimum atomic E-state index is -0.655. The molecule has 1 aliphatic carbocycles. The van der Waals surface area contributed by atoms with E-state index in [9.17, 15) is 13.9 Å². The van der Waals surface area contributed by atoms with Gasteiger partial charge in [0.05, 0.1) is 6.10 Å². The van der Waals surface area contributed by atoms with Gasteiger partial charge in [0, 0.05) is 12.1 Å². The number of nitrogens with one attached hydrogen (secondary N) is 1. The summed E-state index contributed by atoms with van der Waals surface area (Å²) in [7, 11) is 0. The number of aliphatic hydroxyl groups is 1. The fraction of sp³-hybridized carbons (Fsp3) is 0.556. The summed E-state index contributed by atoms with van der Waals surface area (Å²) in [6.45, 7) is 9.86. The Hall–Kier alpha value is -1.78. The predicted octanol–water partition coefficient (Wildman–Crippen LogP) is 6.81. The van der Waals surface area contributed by atoms with Gasteiger partial charge in [-0.15, -0.1) is 0 Å². The van der Waals surface area contributed by atoms with Crippen LogP contribution in [0.5, 0.6) is 0 Å². The van der Waals surface area contributed by atoms with Crippen LogP contribution in [-0.4, -0.2) is 24.4 Å². The normalized spacial score (nSPS) is 18.6. The summed E-state index contributed by atoms with van der Waals surface area (Å²) < 4.78 is 26.2. The van der Waals surface area contributed by atoms with Crippen molar-refractivity contribution in [1.82, 2.24) is 5.32 Å². The quantitative estimate of drug-likeness (QED) is 0.399. The zero-order chi connectivity index (χ0) is 22.9. The lowest BCUT2D eigenvalue weighted by Gasteiger charge is -2.40. The highest BCUT2D eigenvalue weighted by molar-refractivity contribution is 5.34. The molecule has 1 atom stereocenters. The van der Waals surface area contributed by atoms with E-state index in [-0.39, 0.29) is 11.0 Å². The van der Waals surface area contributed by atoms with Crippen LogP contribution in [0.2, 0.25) is 0 Å². The van der Waals surface area contributed by atoms with E-state index in [1.807, 2.05) is 0 Å². The fourth-order valence-electron chi connectivity index (χ4n) is 4.32. The zero-order valence-corrected chi connectivity index (χ0v) is 19.4. The van der Waals surface area contributed by atoms with E-state index in [0.717, 1.165) is 31.8 Å². The Morgan fingerprint density at radius 1 is 1.26 bits per heavy atom. The summed E-state index contributed by atoms with van der Waals surface area (Å²) in [5.74, 6) is -0.493. The molecule has 2 N–H and O–H groups in total. The standard InChI is InChI=1S/C27H39F2NO/c1-5-24(29)18-21(14-17-28)12-13-25(31)20-30-27(15-7-6-8-16-27)23-11-9-10-22(19-23)26(2,3)4/h5,9-11,14,18-19,25,30-31H,1,6-8,12-13,15-17,20H2,2-4H3/b21-14-,24-18+. The number of allylic oxidation sites excluding steroid dienone is 5. The first-order valence-corrected chi connectivity index (χ1v) is 11.5. The molecule has 0 aromatic heterocycles. The molecule has 1 fully saturated rings. The minimum absolute atomic E-state index is 0.0821. The molecule has 2 rings (SSSR count). The Kier molecular flexibility index (Phi) is 9.64. The molecule has 4 heteroatoms. The second kappa shape index (κ2) is 11.7. The number of hydrogen-bond donors (Lipinski definition) is 2. The molecule has 1 unspecified atom stereocenters. The number of hydrogen-bond acceptors (Lipinski definition) is 2. The Bertz CT molecular complexity index is 770. The van der Waals surface area contributed by atoms with Crippen LogP contribution in [0, 0.1) is 0 Å². The van der Waals surface area contributed by atoms with Gasteiger partial charge < -0.3 is 10.4 Å². The molecule has 0 bridgehead atoms. The lowest BCUT2D eigenvalue weighted by Crippen LogP contribution is -2.47. The molecular formula is C27H39F2NO. The molecule has 1 aromatic rings. The van der Waals surface area contributed by atoms with Crippen molar-refractivity contribution >= 4 is 0 Å². The van der Waals surface area contributed by atoms with Gasteiger partial charge in [-0.25, -0.2) is 8.78 Å². The average molecular weight is 432 g/mol. The van der Waals surface area contributed by atoms with Crippen molar-refractivity contribution in [3.05, 3.63) is 71.6 Å². The maximum Gasteiger partial charge on any atom is 0.122 e. The van der Waals surface area contributed by atoms with E-state index in [1.165, 1.54) is 29.7 Å². The molecule has 31 heavy (non-hydrogen) atoms. The first kappa shape index (κ1) is 25.5. The van der Waals surface area contributed by atoms with Crippen molar-refractivity contribution < 1.29 is 13.9 Å². The van der Waals surface area contributed by atoms with Crippen LogP contribution in [0.3, 0.4) is 0 Å².